The highest BCUT2D eigenvalue weighted by Gasteiger charge is 2.32. The first kappa shape index (κ1) is 31.7. The van der Waals surface area contributed by atoms with E-state index in [2.05, 4.69) is 36.4 Å². The fraction of sp³-hybridized carbons (Fsp3) is 0.297. The van der Waals surface area contributed by atoms with Crippen molar-refractivity contribution in [2.45, 2.75) is 52.1 Å². The molecule has 0 spiro atoms. The maximum atomic E-state index is 13.4. The highest BCUT2D eigenvalue weighted by Crippen LogP contribution is 2.34. The molecule has 242 valence electrons. The van der Waals surface area contributed by atoms with Gasteiger partial charge in [-0.2, -0.15) is 5.10 Å². The quantitative estimate of drug-likeness (QED) is 0.171. The molecule has 1 fully saturated rings. The van der Waals surface area contributed by atoms with Crippen molar-refractivity contribution in [1.29, 1.82) is 0 Å². The number of rotatable bonds is 8. The molecule has 1 saturated heterocycles. The molecular formula is C37H40N6O4. The van der Waals surface area contributed by atoms with Gasteiger partial charge in [-0.05, 0) is 55.3 Å². The number of nitrogens with zero attached hydrogens (tertiary/aromatic N) is 3. The third kappa shape index (κ3) is 7.12. The summed E-state index contributed by atoms with van der Waals surface area (Å²) in [7, 11) is 0. The number of benzene rings is 3. The number of nitrogens with one attached hydrogen (secondary N) is 2. The fourth-order valence-corrected chi connectivity index (χ4v) is 5.81. The van der Waals surface area contributed by atoms with Gasteiger partial charge >= 0.3 is 6.03 Å². The number of carbonyl (C=O) groups excluding carboxylic acids is 2. The van der Waals surface area contributed by atoms with Crippen LogP contribution in [0.4, 0.5) is 16.3 Å². The summed E-state index contributed by atoms with van der Waals surface area (Å²) in [5, 5.41) is 12.5. The molecule has 6 rings (SSSR count). The highest BCUT2D eigenvalue weighted by atomic mass is 16.5. The van der Waals surface area contributed by atoms with Crippen LogP contribution in [0, 0.1) is 12.8 Å². The molecule has 3 aromatic carbocycles. The first-order valence-corrected chi connectivity index (χ1v) is 15.8. The SMILES string of the molecule is Cc1ccc(-n2nc(C(C)(C)C)cc2NC(=O)Nc2ccc(OCc3ccnc(C4COCCC4C(N)=O)c3)c3ccccc23)cc1. The van der Waals surface area contributed by atoms with Gasteiger partial charge in [-0.3, -0.25) is 15.1 Å². The van der Waals surface area contributed by atoms with Crippen LogP contribution in [0.2, 0.25) is 0 Å². The Morgan fingerprint density at radius 2 is 1.77 bits per heavy atom. The second-order valence-electron chi connectivity index (χ2n) is 13.0. The van der Waals surface area contributed by atoms with Crippen molar-refractivity contribution >= 4 is 34.2 Å². The molecule has 0 radical (unpaired) electrons. The summed E-state index contributed by atoms with van der Waals surface area (Å²) in [6.07, 6.45) is 2.31. The average molecular weight is 633 g/mol. The van der Waals surface area contributed by atoms with Crippen molar-refractivity contribution in [2.75, 3.05) is 23.8 Å². The number of aryl methyl sites for hydroxylation is 1. The number of primary amides is 1. The van der Waals surface area contributed by atoms with E-state index in [4.69, 9.17) is 20.3 Å². The molecule has 1 aliphatic rings. The number of amides is 3. The van der Waals surface area contributed by atoms with Crippen molar-refractivity contribution in [2.24, 2.45) is 11.7 Å². The third-order valence-corrected chi connectivity index (χ3v) is 8.47. The van der Waals surface area contributed by atoms with Crippen LogP contribution in [0.15, 0.2) is 85.1 Å². The largest absolute Gasteiger partial charge is 0.488 e. The summed E-state index contributed by atoms with van der Waals surface area (Å²) in [4.78, 5) is 30.0. The van der Waals surface area contributed by atoms with E-state index in [1.807, 2.05) is 85.8 Å². The van der Waals surface area contributed by atoms with Gasteiger partial charge in [0.1, 0.15) is 18.2 Å². The number of aromatic nitrogens is 3. The molecule has 0 bridgehead atoms. The topological polar surface area (TPSA) is 133 Å². The zero-order valence-corrected chi connectivity index (χ0v) is 27.1. The number of pyridine rings is 1. The maximum absolute atomic E-state index is 13.4. The number of carbonyl (C=O) groups is 2. The Hall–Kier alpha value is -5.22. The lowest BCUT2D eigenvalue weighted by Gasteiger charge is -2.29. The van der Waals surface area contributed by atoms with E-state index < -0.39 is 0 Å². The molecule has 2 unspecified atom stereocenters. The maximum Gasteiger partial charge on any atom is 0.324 e. The number of nitrogens with two attached hydrogens (primary N) is 1. The highest BCUT2D eigenvalue weighted by molar-refractivity contribution is 6.07. The van der Waals surface area contributed by atoms with Gasteiger partial charge in [0.05, 0.1) is 29.6 Å². The van der Waals surface area contributed by atoms with Crippen molar-refractivity contribution < 1.29 is 19.1 Å². The number of fused-ring (bicyclic) bond motifs is 1. The molecular weight excluding hydrogens is 592 g/mol. The summed E-state index contributed by atoms with van der Waals surface area (Å²) in [5.41, 5.74) is 10.6. The Morgan fingerprint density at radius 3 is 2.51 bits per heavy atom. The number of hydrogen-bond acceptors (Lipinski definition) is 6. The Morgan fingerprint density at radius 1 is 1.00 bits per heavy atom. The normalized spacial score (nSPS) is 16.5. The van der Waals surface area contributed by atoms with Crippen LogP contribution in [0.5, 0.6) is 5.75 Å². The molecule has 0 aliphatic carbocycles. The van der Waals surface area contributed by atoms with E-state index in [0.717, 1.165) is 39.0 Å². The molecule has 10 nitrogen and oxygen atoms in total. The molecule has 4 N–H and O–H groups in total. The van der Waals surface area contributed by atoms with Crippen LogP contribution in [-0.4, -0.2) is 39.9 Å². The van der Waals surface area contributed by atoms with Gasteiger partial charge in [-0.15, -0.1) is 0 Å². The van der Waals surface area contributed by atoms with E-state index in [-0.39, 0.29) is 29.2 Å². The van der Waals surface area contributed by atoms with E-state index in [1.54, 1.807) is 10.9 Å². The van der Waals surface area contributed by atoms with E-state index >= 15 is 0 Å². The van der Waals surface area contributed by atoms with E-state index in [0.29, 0.717) is 43.5 Å². The van der Waals surface area contributed by atoms with Crippen LogP contribution < -0.4 is 21.1 Å². The second kappa shape index (κ2) is 13.3. The summed E-state index contributed by atoms with van der Waals surface area (Å²) in [5.74, 6) is 0.418. The number of anilines is 2. The van der Waals surface area contributed by atoms with Crippen molar-refractivity contribution in [3.63, 3.8) is 0 Å². The summed E-state index contributed by atoms with van der Waals surface area (Å²) in [6, 6.07) is 24.8. The van der Waals surface area contributed by atoms with Crippen LogP contribution in [0.3, 0.4) is 0 Å². The lowest BCUT2D eigenvalue weighted by atomic mass is 9.85. The first-order chi connectivity index (χ1) is 22.6. The minimum atomic E-state index is -0.386. The van der Waals surface area contributed by atoms with Crippen molar-refractivity contribution in [1.82, 2.24) is 14.8 Å². The van der Waals surface area contributed by atoms with Crippen molar-refractivity contribution in [3.05, 3.63) is 108 Å². The second-order valence-corrected chi connectivity index (χ2v) is 13.0. The Balaban J connectivity index is 1.20. The fourth-order valence-electron chi connectivity index (χ4n) is 5.81. The molecule has 0 saturated carbocycles. The van der Waals surface area contributed by atoms with Gasteiger partial charge < -0.3 is 20.5 Å². The molecule has 3 amide bonds. The number of ether oxygens (including phenoxy) is 2. The standard InChI is InChI=1S/C37H40N6O4/c1-23-9-11-25(12-10-23)43-34(20-33(42-43)37(2,3)4)41-36(45)40-30-13-14-32(27-8-6-5-7-26(27)30)47-21-24-15-17-39-31(19-24)29-22-46-18-16-28(29)35(38)44/h5-15,17,19-20,28-29H,16,18,21-22H2,1-4H3,(H2,38,44)(H2,40,41,45). The molecule has 2 atom stereocenters. The smallest absolute Gasteiger partial charge is 0.324 e. The number of urea groups is 1. The monoisotopic (exact) mass is 632 g/mol. The van der Waals surface area contributed by atoms with E-state index in [9.17, 15) is 9.59 Å². The van der Waals surface area contributed by atoms with Crippen LogP contribution in [-0.2, 0) is 21.6 Å². The molecule has 3 heterocycles. The Kier molecular flexibility index (Phi) is 8.95. The first-order valence-electron chi connectivity index (χ1n) is 15.8. The van der Waals surface area contributed by atoms with E-state index in [1.165, 1.54) is 0 Å². The Labute approximate surface area is 274 Å². The van der Waals surface area contributed by atoms with Crippen molar-refractivity contribution in [3.8, 4) is 11.4 Å². The van der Waals surface area contributed by atoms with Gasteiger partial charge in [0.2, 0.25) is 5.91 Å². The summed E-state index contributed by atoms with van der Waals surface area (Å²) < 4.78 is 13.7. The predicted octanol–water partition coefficient (Wildman–Crippen LogP) is 6.85. The predicted molar refractivity (Wildman–Crippen MR) is 183 cm³/mol. The van der Waals surface area contributed by atoms with Gasteiger partial charge in [-0.25, -0.2) is 9.48 Å². The van der Waals surface area contributed by atoms with Gasteiger partial charge in [0.25, 0.3) is 0 Å². The van der Waals surface area contributed by atoms with Gasteiger partial charge in [0.15, 0.2) is 0 Å². The summed E-state index contributed by atoms with van der Waals surface area (Å²) >= 11 is 0. The summed E-state index contributed by atoms with van der Waals surface area (Å²) in [6.45, 7) is 9.52. The number of hydrogen-bond donors (Lipinski definition) is 3. The zero-order valence-electron chi connectivity index (χ0n) is 27.1. The van der Waals surface area contributed by atoms with Crippen LogP contribution >= 0.6 is 0 Å². The lowest BCUT2D eigenvalue weighted by Crippen LogP contribution is -2.36. The molecule has 47 heavy (non-hydrogen) atoms. The molecule has 5 aromatic rings. The lowest BCUT2D eigenvalue weighted by molar-refractivity contribution is -0.125. The molecule has 10 heteroatoms. The van der Waals surface area contributed by atoms with Gasteiger partial charge in [-0.1, -0.05) is 62.7 Å². The molecule has 1 aliphatic heterocycles. The molecule has 2 aromatic heterocycles. The minimum Gasteiger partial charge on any atom is -0.488 e. The van der Waals surface area contributed by atoms with Crippen LogP contribution in [0.1, 0.15) is 55.6 Å². The van der Waals surface area contributed by atoms with Crippen LogP contribution in [0.25, 0.3) is 16.5 Å². The third-order valence-electron chi connectivity index (χ3n) is 8.47. The van der Waals surface area contributed by atoms with Gasteiger partial charge in [0, 0.05) is 46.7 Å². The zero-order chi connectivity index (χ0) is 33.1. The average Bonchev–Trinajstić information content (AvgIpc) is 3.49. The minimum absolute atomic E-state index is 0.186. The Bertz CT molecular complexity index is 1910.